The Morgan fingerprint density at radius 2 is 1.82 bits per heavy atom. The summed E-state index contributed by atoms with van der Waals surface area (Å²) in [6.07, 6.45) is 0.564. The molecule has 0 aliphatic carbocycles. The van der Waals surface area contributed by atoms with Gasteiger partial charge in [0, 0.05) is 26.2 Å². The van der Waals surface area contributed by atoms with Gasteiger partial charge >= 0.3 is 0 Å². The number of aliphatic hydroxyl groups is 1. The fourth-order valence-electron chi connectivity index (χ4n) is 3.82. The first-order valence-electron chi connectivity index (χ1n) is 9.85. The van der Waals surface area contributed by atoms with Crippen molar-refractivity contribution in [2.45, 2.75) is 20.3 Å². The van der Waals surface area contributed by atoms with Crippen molar-refractivity contribution >= 4 is 11.8 Å². The lowest BCUT2D eigenvalue weighted by molar-refractivity contribution is -0.135. The summed E-state index contributed by atoms with van der Waals surface area (Å²) < 4.78 is 0. The third kappa shape index (κ3) is 4.42. The van der Waals surface area contributed by atoms with Crippen LogP contribution in [-0.2, 0) is 16.0 Å². The first kappa shape index (κ1) is 20.1. The van der Waals surface area contributed by atoms with Crippen molar-refractivity contribution in [2.75, 3.05) is 32.8 Å². The van der Waals surface area contributed by atoms with E-state index in [2.05, 4.69) is 43.3 Å². The Labute approximate surface area is 166 Å². The summed E-state index contributed by atoms with van der Waals surface area (Å²) in [5.41, 5.74) is 4.54. The van der Waals surface area contributed by atoms with Crippen LogP contribution in [0, 0.1) is 12.8 Å². The second-order valence-electron chi connectivity index (χ2n) is 7.34. The molecule has 1 atom stereocenters. The van der Waals surface area contributed by atoms with Crippen molar-refractivity contribution in [3.05, 3.63) is 59.7 Å². The number of nitrogens with zero attached hydrogens (tertiary/aromatic N) is 2. The SMILES string of the molecule is CCN1CCN(C(=O)CO)C[C@H](Cc2ccccc2-c2ccc(C)cc2)C1=O. The molecule has 1 saturated heterocycles. The molecular formula is C23H28N2O3. The maximum atomic E-state index is 13.1. The number of likely N-dealkylation sites (N-methyl/N-ethyl adjacent to an activating group) is 1. The quantitative estimate of drug-likeness (QED) is 0.867. The first-order valence-corrected chi connectivity index (χ1v) is 9.85. The Morgan fingerprint density at radius 1 is 1.11 bits per heavy atom. The number of rotatable bonds is 5. The summed E-state index contributed by atoms with van der Waals surface area (Å²) in [4.78, 5) is 28.6. The Kier molecular flexibility index (Phi) is 6.47. The van der Waals surface area contributed by atoms with Gasteiger partial charge in [-0.3, -0.25) is 9.59 Å². The number of hydrogen-bond donors (Lipinski definition) is 1. The molecule has 1 fully saturated rings. The van der Waals surface area contributed by atoms with Gasteiger partial charge < -0.3 is 14.9 Å². The molecule has 148 valence electrons. The third-order valence-corrected chi connectivity index (χ3v) is 5.46. The lowest BCUT2D eigenvalue weighted by Gasteiger charge is -2.24. The van der Waals surface area contributed by atoms with E-state index in [-0.39, 0.29) is 17.7 Å². The smallest absolute Gasteiger partial charge is 0.248 e. The molecular weight excluding hydrogens is 352 g/mol. The largest absolute Gasteiger partial charge is 0.387 e. The third-order valence-electron chi connectivity index (χ3n) is 5.46. The van der Waals surface area contributed by atoms with Crippen LogP contribution in [-0.4, -0.2) is 59.5 Å². The molecule has 2 aromatic carbocycles. The van der Waals surface area contributed by atoms with Crippen LogP contribution >= 0.6 is 0 Å². The van der Waals surface area contributed by atoms with Gasteiger partial charge in [0.25, 0.3) is 0 Å². The van der Waals surface area contributed by atoms with Gasteiger partial charge in [0.2, 0.25) is 11.8 Å². The van der Waals surface area contributed by atoms with Gasteiger partial charge in [0.1, 0.15) is 6.61 Å². The number of hydrogen-bond acceptors (Lipinski definition) is 3. The van der Waals surface area contributed by atoms with E-state index >= 15 is 0 Å². The summed E-state index contributed by atoms with van der Waals surface area (Å²) in [6, 6.07) is 16.5. The zero-order chi connectivity index (χ0) is 20.1. The molecule has 0 spiro atoms. The molecule has 2 amide bonds. The van der Waals surface area contributed by atoms with Crippen molar-refractivity contribution in [3.8, 4) is 11.1 Å². The minimum absolute atomic E-state index is 0.0782. The molecule has 28 heavy (non-hydrogen) atoms. The molecule has 0 radical (unpaired) electrons. The molecule has 1 N–H and O–H groups in total. The van der Waals surface area contributed by atoms with Crippen molar-refractivity contribution in [3.63, 3.8) is 0 Å². The van der Waals surface area contributed by atoms with E-state index in [4.69, 9.17) is 0 Å². The van der Waals surface area contributed by atoms with Crippen LogP contribution in [0.25, 0.3) is 11.1 Å². The number of amides is 2. The standard InChI is InChI=1S/C23H28N2O3/c1-3-24-12-13-25(22(27)16-26)15-20(23(24)28)14-19-6-4-5-7-21(19)18-10-8-17(2)9-11-18/h4-11,20,26H,3,12-16H2,1-2H3/t20-/m0/s1. The van der Waals surface area contributed by atoms with Crippen LogP contribution in [0.3, 0.4) is 0 Å². The minimum atomic E-state index is -0.521. The summed E-state index contributed by atoms with van der Waals surface area (Å²) in [5.74, 6) is -0.554. The highest BCUT2D eigenvalue weighted by atomic mass is 16.3. The Morgan fingerprint density at radius 3 is 2.50 bits per heavy atom. The van der Waals surface area contributed by atoms with Crippen molar-refractivity contribution < 1.29 is 14.7 Å². The fourth-order valence-corrected chi connectivity index (χ4v) is 3.82. The maximum Gasteiger partial charge on any atom is 0.248 e. The van der Waals surface area contributed by atoms with E-state index in [1.54, 1.807) is 4.90 Å². The monoisotopic (exact) mass is 380 g/mol. The van der Waals surface area contributed by atoms with E-state index in [9.17, 15) is 14.7 Å². The molecule has 2 aromatic rings. The van der Waals surface area contributed by atoms with Crippen LogP contribution in [0.15, 0.2) is 48.5 Å². The van der Waals surface area contributed by atoms with E-state index in [1.807, 2.05) is 24.0 Å². The molecule has 0 unspecified atom stereocenters. The van der Waals surface area contributed by atoms with Gasteiger partial charge in [-0.25, -0.2) is 0 Å². The zero-order valence-corrected chi connectivity index (χ0v) is 16.6. The lowest BCUT2D eigenvalue weighted by atomic mass is 9.91. The molecule has 1 aliphatic rings. The predicted molar refractivity (Wildman–Crippen MR) is 110 cm³/mol. The Balaban J connectivity index is 1.91. The molecule has 0 saturated carbocycles. The average molecular weight is 380 g/mol. The molecule has 1 aliphatic heterocycles. The van der Waals surface area contributed by atoms with Gasteiger partial charge in [-0.2, -0.15) is 0 Å². The summed E-state index contributed by atoms with van der Waals surface area (Å²) >= 11 is 0. The molecule has 0 aromatic heterocycles. The van der Waals surface area contributed by atoms with Gasteiger partial charge in [0.15, 0.2) is 0 Å². The number of aliphatic hydroxyl groups excluding tert-OH is 1. The van der Waals surface area contributed by atoms with Crippen LogP contribution in [0.2, 0.25) is 0 Å². The second kappa shape index (κ2) is 9.02. The van der Waals surface area contributed by atoms with E-state index in [1.165, 1.54) is 5.56 Å². The molecule has 5 nitrogen and oxygen atoms in total. The van der Waals surface area contributed by atoms with E-state index in [0.29, 0.717) is 32.6 Å². The number of aryl methyl sites for hydroxylation is 1. The van der Waals surface area contributed by atoms with Crippen molar-refractivity contribution in [1.82, 2.24) is 9.80 Å². The summed E-state index contributed by atoms with van der Waals surface area (Å²) in [5, 5.41) is 9.27. The first-order chi connectivity index (χ1) is 13.5. The predicted octanol–water partition coefficient (Wildman–Crippen LogP) is 2.50. The zero-order valence-electron chi connectivity index (χ0n) is 16.6. The van der Waals surface area contributed by atoms with Crippen LogP contribution in [0.4, 0.5) is 0 Å². The highest BCUT2D eigenvalue weighted by Crippen LogP contribution is 2.27. The van der Waals surface area contributed by atoms with Gasteiger partial charge in [-0.1, -0.05) is 54.1 Å². The topological polar surface area (TPSA) is 60.9 Å². The van der Waals surface area contributed by atoms with Crippen LogP contribution in [0.1, 0.15) is 18.1 Å². The van der Waals surface area contributed by atoms with E-state index in [0.717, 1.165) is 16.7 Å². The molecule has 3 rings (SSSR count). The highest BCUT2D eigenvalue weighted by molar-refractivity contribution is 5.83. The van der Waals surface area contributed by atoms with E-state index < -0.39 is 6.61 Å². The minimum Gasteiger partial charge on any atom is -0.387 e. The maximum absolute atomic E-state index is 13.1. The van der Waals surface area contributed by atoms with Crippen molar-refractivity contribution in [2.24, 2.45) is 5.92 Å². The van der Waals surface area contributed by atoms with Gasteiger partial charge in [-0.15, -0.1) is 0 Å². The summed E-state index contributed by atoms with van der Waals surface area (Å²) in [7, 11) is 0. The number of carbonyl (C=O) groups is 2. The van der Waals surface area contributed by atoms with Crippen LogP contribution in [0.5, 0.6) is 0 Å². The highest BCUT2D eigenvalue weighted by Gasteiger charge is 2.31. The van der Waals surface area contributed by atoms with Crippen molar-refractivity contribution in [1.29, 1.82) is 0 Å². The normalized spacial score (nSPS) is 17.5. The van der Waals surface area contributed by atoms with Gasteiger partial charge in [0.05, 0.1) is 5.92 Å². The summed E-state index contributed by atoms with van der Waals surface area (Å²) in [6.45, 7) is 5.44. The Hall–Kier alpha value is -2.66. The fraction of sp³-hybridized carbons (Fsp3) is 0.391. The van der Waals surface area contributed by atoms with Crippen LogP contribution < -0.4 is 0 Å². The molecule has 5 heteroatoms. The van der Waals surface area contributed by atoms with Gasteiger partial charge in [-0.05, 0) is 37.0 Å². The molecule has 1 heterocycles. The average Bonchev–Trinajstić information content (AvgIpc) is 2.87. The molecule has 0 bridgehead atoms. The number of benzene rings is 2. The lowest BCUT2D eigenvalue weighted by Crippen LogP contribution is -2.38. The number of carbonyl (C=O) groups excluding carboxylic acids is 2. The Bertz CT molecular complexity index is 832. The second-order valence-corrected chi connectivity index (χ2v) is 7.34.